The van der Waals surface area contributed by atoms with E-state index in [2.05, 4.69) is 10.6 Å². The van der Waals surface area contributed by atoms with Crippen molar-refractivity contribution in [2.24, 2.45) is 5.92 Å². The zero-order valence-corrected chi connectivity index (χ0v) is 12.4. The Balaban J connectivity index is 1.67. The van der Waals surface area contributed by atoms with Gasteiger partial charge in [0.1, 0.15) is 6.04 Å². The average Bonchev–Trinajstić information content (AvgIpc) is 3.17. The summed E-state index contributed by atoms with van der Waals surface area (Å²) in [6.07, 6.45) is 2.27. The first kappa shape index (κ1) is 14.6. The van der Waals surface area contributed by atoms with Gasteiger partial charge in [-0.2, -0.15) is 13.2 Å². The maximum Gasteiger partial charge on any atom is 0.416 e. The summed E-state index contributed by atoms with van der Waals surface area (Å²) in [5.74, 6) is -0.204. The number of hydrogen-bond acceptors (Lipinski definition) is 2. The summed E-state index contributed by atoms with van der Waals surface area (Å²) in [5, 5.41) is 6.15. The highest BCUT2D eigenvalue weighted by Gasteiger charge is 2.43. The number of nitrogens with one attached hydrogen (secondary N) is 2. The number of amides is 1. The van der Waals surface area contributed by atoms with Crippen molar-refractivity contribution in [1.29, 1.82) is 0 Å². The van der Waals surface area contributed by atoms with Crippen molar-refractivity contribution < 1.29 is 18.0 Å². The molecule has 0 aromatic heterocycles. The third kappa shape index (κ3) is 2.60. The molecule has 23 heavy (non-hydrogen) atoms. The Morgan fingerprint density at radius 3 is 2.74 bits per heavy atom. The van der Waals surface area contributed by atoms with Gasteiger partial charge in [-0.15, -0.1) is 0 Å². The van der Waals surface area contributed by atoms with Crippen LogP contribution in [0.25, 0.3) is 0 Å². The number of hydrogen-bond donors (Lipinski definition) is 2. The highest BCUT2D eigenvalue weighted by atomic mass is 19.4. The third-order valence-corrected chi connectivity index (χ3v) is 4.90. The van der Waals surface area contributed by atoms with Crippen molar-refractivity contribution in [3.63, 3.8) is 0 Å². The van der Waals surface area contributed by atoms with Crippen molar-refractivity contribution in [3.05, 3.63) is 41.5 Å². The van der Waals surface area contributed by atoms with Gasteiger partial charge >= 0.3 is 6.18 Å². The van der Waals surface area contributed by atoms with E-state index in [-0.39, 0.29) is 29.8 Å². The molecule has 1 amide bonds. The lowest BCUT2D eigenvalue weighted by Crippen LogP contribution is -2.48. The molecule has 1 fully saturated rings. The number of anilines is 1. The second-order valence-electron chi connectivity index (χ2n) is 6.56. The first-order valence-electron chi connectivity index (χ1n) is 7.88. The molecule has 0 radical (unpaired) electrons. The molecule has 1 aromatic carbocycles. The zero-order chi connectivity index (χ0) is 16.2. The molecular formula is C17H17F3N2O. The van der Waals surface area contributed by atoms with Crippen molar-refractivity contribution in [2.75, 3.05) is 5.32 Å². The topological polar surface area (TPSA) is 41.1 Å². The molecule has 1 aliphatic heterocycles. The predicted octanol–water partition coefficient (Wildman–Crippen LogP) is 3.44. The summed E-state index contributed by atoms with van der Waals surface area (Å²) in [5.41, 5.74) is 0.619. The second-order valence-corrected chi connectivity index (χ2v) is 6.56. The summed E-state index contributed by atoms with van der Waals surface area (Å²) in [6.45, 7) is 0. The number of rotatable bonds is 2. The minimum atomic E-state index is -4.35. The molecule has 2 N–H and O–H groups in total. The lowest BCUT2D eigenvalue weighted by Gasteiger charge is -2.36. The predicted molar refractivity (Wildman–Crippen MR) is 80.0 cm³/mol. The number of halogens is 3. The van der Waals surface area contributed by atoms with Gasteiger partial charge < -0.3 is 10.6 Å². The molecule has 2 aliphatic carbocycles. The van der Waals surface area contributed by atoms with Crippen molar-refractivity contribution in [3.8, 4) is 0 Å². The van der Waals surface area contributed by atoms with Crippen molar-refractivity contribution in [2.45, 2.75) is 43.4 Å². The molecule has 0 bridgehead atoms. The molecule has 0 spiro atoms. The molecule has 3 nitrogen and oxygen atoms in total. The lowest BCUT2D eigenvalue weighted by atomic mass is 9.78. The number of alkyl halides is 3. The normalized spacial score (nSPS) is 28.7. The van der Waals surface area contributed by atoms with Crippen LogP contribution in [0, 0.1) is 5.92 Å². The van der Waals surface area contributed by atoms with Gasteiger partial charge in [-0.1, -0.05) is 12.2 Å². The van der Waals surface area contributed by atoms with Gasteiger partial charge in [0.2, 0.25) is 5.91 Å². The summed E-state index contributed by atoms with van der Waals surface area (Å²) < 4.78 is 38.9. The molecule has 3 atom stereocenters. The maximum absolute atomic E-state index is 13.0. The largest absolute Gasteiger partial charge is 0.416 e. The molecule has 0 saturated heterocycles. The van der Waals surface area contributed by atoms with Crippen LogP contribution in [-0.4, -0.2) is 18.0 Å². The SMILES string of the molecule is O=C(NC1CC1)C1Nc2ccc(C(F)(F)F)cc2C2C=CCC12. The monoisotopic (exact) mass is 322 g/mol. The fraction of sp³-hybridized carbons (Fsp3) is 0.471. The van der Waals surface area contributed by atoms with Crippen LogP contribution in [-0.2, 0) is 11.0 Å². The van der Waals surface area contributed by atoms with Gasteiger partial charge in [0.25, 0.3) is 0 Å². The molecular weight excluding hydrogens is 305 g/mol. The summed E-state index contributed by atoms with van der Waals surface area (Å²) in [6, 6.07) is 3.61. The van der Waals surface area contributed by atoms with Crippen LogP contribution in [0.5, 0.6) is 0 Å². The number of fused-ring (bicyclic) bond motifs is 3. The maximum atomic E-state index is 13.0. The first-order valence-corrected chi connectivity index (χ1v) is 7.88. The Labute approximate surface area is 131 Å². The number of allylic oxidation sites excluding steroid dienone is 2. The van der Waals surface area contributed by atoms with Gasteiger partial charge in [0, 0.05) is 23.6 Å². The highest BCUT2D eigenvalue weighted by molar-refractivity contribution is 5.87. The fourth-order valence-corrected chi connectivity index (χ4v) is 3.55. The molecule has 122 valence electrons. The van der Waals surface area contributed by atoms with Crippen LogP contribution in [0.2, 0.25) is 0 Å². The number of carbonyl (C=O) groups is 1. The Hall–Kier alpha value is -1.98. The molecule has 1 saturated carbocycles. The van der Waals surface area contributed by atoms with Gasteiger partial charge in [-0.05, 0) is 43.0 Å². The average molecular weight is 322 g/mol. The van der Waals surface area contributed by atoms with E-state index < -0.39 is 11.7 Å². The Morgan fingerprint density at radius 2 is 2.04 bits per heavy atom. The molecule has 1 heterocycles. The number of benzene rings is 1. The third-order valence-electron chi connectivity index (χ3n) is 4.90. The molecule has 3 aliphatic rings. The van der Waals surface area contributed by atoms with Crippen LogP contribution < -0.4 is 10.6 Å². The lowest BCUT2D eigenvalue weighted by molar-refractivity contribution is -0.137. The van der Waals surface area contributed by atoms with E-state index in [0.29, 0.717) is 17.7 Å². The van der Waals surface area contributed by atoms with Crippen molar-refractivity contribution >= 4 is 11.6 Å². The smallest absolute Gasteiger partial charge is 0.373 e. The Kier molecular flexibility index (Phi) is 3.18. The van der Waals surface area contributed by atoms with E-state index in [1.165, 1.54) is 12.1 Å². The fourth-order valence-electron chi connectivity index (χ4n) is 3.55. The van der Waals surface area contributed by atoms with Crippen LogP contribution >= 0.6 is 0 Å². The van der Waals surface area contributed by atoms with E-state index in [1.54, 1.807) is 0 Å². The van der Waals surface area contributed by atoms with Crippen LogP contribution in [0.15, 0.2) is 30.4 Å². The minimum absolute atomic E-state index is 0.0234. The van der Waals surface area contributed by atoms with E-state index >= 15 is 0 Å². The number of carbonyl (C=O) groups excluding carboxylic acids is 1. The Bertz CT molecular complexity index is 679. The minimum Gasteiger partial charge on any atom is -0.373 e. The zero-order valence-electron chi connectivity index (χ0n) is 12.4. The molecule has 3 unspecified atom stereocenters. The van der Waals surface area contributed by atoms with E-state index in [0.717, 1.165) is 18.9 Å². The Morgan fingerprint density at radius 1 is 1.26 bits per heavy atom. The van der Waals surface area contributed by atoms with E-state index in [4.69, 9.17) is 0 Å². The standard InChI is InChI=1S/C17H17F3N2O/c18-17(19,20)9-4-7-14-13(8-9)11-2-1-3-12(11)15(22-14)16(23)21-10-5-6-10/h1-2,4,7-8,10-12,15,22H,3,5-6H2,(H,21,23). The molecule has 4 rings (SSSR count). The molecule has 1 aromatic rings. The first-order chi connectivity index (χ1) is 10.9. The van der Waals surface area contributed by atoms with Crippen LogP contribution in [0.4, 0.5) is 18.9 Å². The van der Waals surface area contributed by atoms with Crippen molar-refractivity contribution in [1.82, 2.24) is 5.32 Å². The van der Waals surface area contributed by atoms with Gasteiger partial charge in [-0.25, -0.2) is 0 Å². The summed E-state index contributed by atoms with van der Waals surface area (Å²) >= 11 is 0. The van der Waals surface area contributed by atoms with Crippen LogP contribution in [0.3, 0.4) is 0 Å². The summed E-state index contributed by atoms with van der Waals surface area (Å²) in [7, 11) is 0. The van der Waals surface area contributed by atoms with Crippen LogP contribution in [0.1, 0.15) is 36.3 Å². The quantitative estimate of drug-likeness (QED) is 0.819. The van der Waals surface area contributed by atoms with E-state index in [9.17, 15) is 18.0 Å². The van der Waals surface area contributed by atoms with Gasteiger partial charge in [-0.3, -0.25) is 4.79 Å². The van der Waals surface area contributed by atoms with Gasteiger partial charge in [0.05, 0.1) is 5.56 Å². The highest BCUT2D eigenvalue weighted by Crippen LogP contribution is 2.46. The second kappa shape index (κ2) is 5.01. The summed E-state index contributed by atoms with van der Waals surface area (Å²) in [4.78, 5) is 12.4. The molecule has 6 heteroatoms. The van der Waals surface area contributed by atoms with E-state index in [1.807, 2.05) is 12.2 Å². The van der Waals surface area contributed by atoms with Gasteiger partial charge in [0.15, 0.2) is 0 Å².